The van der Waals surface area contributed by atoms with Crippen molar-refractivity contribution in [1.29, 1.82) is 0 Å². The molecule has 0 fully saturated rings. The summed E-state index contributed by atoms with van der Waals surface area (Å²) in [5, 5.41) is 0.407. The van der Waals surface area contributed by atoms with Crippen molar-refractivity contribution in [2.45, 2.75) is 0 Å². The molecule has 0 N–H and O–H groups in total. The predicted octanol–water partition coefficient (Wildman–Crippen LogP) is 2.51. The SMILES string of the molecule is [2H]C([2H])([2H])Oc1ncc(Cl)cc1Br. The highest BCUT2D eigenvalue weighted by atomic mass is 79.9. The van der Waals surface area contributed by atoms with E-state index < -0.39 is 7.04 Å². The molecule has 1 rings (SSSR count). The molecule has 0 unspecified atom stereocenters. The van der Waals surface area contributed by atoms with Gasteiger partial charge < -0.3 is 4.74 Å². The maximum absolute atomic E-state index is 6.84. The molecule has 0 atom stereocenters. The number of ether oxygens (including phenoxy) is 1. The normalized spacial score (nSPS) is 15.2. The number of aromatic nitrogens is 1. The van der Waals surface area contributed by atoms with Crippen LogP contribution >= 0.6 is 27.5 Å². The molecular formula is C6H5BrClNO. The molecule has 54 valence electrons. The van der Waals surface area contributed by atoms with Crippen molar-refractivity contribution in [3.8, 4) is 5.88 Å². The molecule has 1 heterocycles. The third-order valence-corrected chi connectivity index (χ3v) is 1.65. The van der Waals surface area contributed by atoms with E-state index in [1.54, 1.807) is 0 Å². The Bertz CT molecular complexity index is 317. The van der Waals surface area contributed by atoms with Gasteiger partial charge in [0.05, 0.1) is 20.6 Å². The summed E-state index contributed by atoms with van der Waals surface area (Å²) >= 11 is 8.68. The third kappa shape index (κ3) is 1.61. The van der Waals surface area contributed by atoms with Crippen LogP contribution in [0.5, 0.6) is 5.88 Å². The average Bonchev–Trinajstić information content (AvgIpc) is 1.93. The van der Waals surface area contributed by atoms with Gasteiger partial charge >= 0.3 is 0 Å². The molecule has 1 aromatic heterocycles. The summed E-state index contributed by atoms with van der Waals surface area (Å²) in [6, 6.07) is 1.51. The molecule has 4 heteroatoms. The topological polar surface area (TPSA) is 22.1 Å². The molecule has 0 saturated carbocycles. The first kappa shape index (κ1) is 4.57. The van der Waals surface area contributed by atoms with Crippen LogP contribution in [0, 0.1) is 0 Å². The minimum atomic E-state index is -2.50. The molecule has 0 spiro atoms. The average molecular weight is 225 g/mol. The third-order valence-electron chi connectivity index (χ3n) is 0.871. The maximum atomic E-state index is 6.84. The molecule has 2 nitrogen and oxygen atoms in total. The predicted molar refractivity (Wildman–Crippen MR) is 43.5 cm³/mol. The first-order valence-corrected chi connectivity index (χ1v) is 3.56. The van der Waals surface area contributed by atoms with Crippen LogP contribution in [0.25, 0.3) is 0 Å². The largest absolute Gasteiger partial charge is 0.480 e. The van der Waals surface area contributed by atoms with Crippen LogP contribution in [0.1, 0.15) is 4.11 Å². The Morgan fingerprint density at radius 2 is 2.70 bits per heavy atom. The van der Waals surface area contributed by atoms with Crippen LogP contribution in [0.3, 0.4) is 0 Å². The Kier molecular flexibility index (Phi) is 1.47. The Labute approximate surface area is 76.5 Å². The van der Waals surface area contributed by atoms with E-state index in [0.717, 1.165) is 0 Å². The van der Waals surface area contributed by atoms with E-state index in [0.29, 0.717) is 9.50 Å². The van der Waals surface area contributed by atoms with Gasteiger partial charge in [-0.15, -0.1) is 0 Å². The van der Waals surface area contributed by atoms with Gasteiger partial charge in [-0.2, -0.15) is 0 Å². The molecule has 0 saturated heterocycles. The highest BCUT2D eigenvalue weighted by molar-refractivity contribution is 9.10. The van der Waals surface area contributed by atoms with E-state index in [4.69, 9.17) is 15.7 Å². The molecule has 0 amide bonds. The monoisotopic (exact) mass is 224 g/mol. The molecule has 0 aliphatic rings. The van der Waals surface area contributed by atoms with Crippen LogP contribution in [0.4, 0.5) is 0 Å². The fourth-order valence-corrected chi connectivity index (χ4v) is 1.20. The summed E-state index contributed by atoms with van der Waals surface area (Å²) in [7, 11) is -2.50. The number of pyridine rings is 1. The second-order valence-electron chi connectivity index (χ2n) is 1.54. The number of nitrogens with zero attached hydrogens (tertiary/aromatic N) is 1. The van der Waals surface area contributed by atoms with Gasteiger partial charge in [-0.1, -0.05) is 11.6 Å². The number of halogens is 2. The number of rotatable bonds is 1. The van der Waals surface area contributed by atoms with E-state index in [-0.39, 0.29) is 5.88 Å². The summed E-state index contributed by atoms with van der Waals surface area (Å²) in [5.41, 5.74) is 0. The van der Waals surface area contributed by atoms with Gasteiger partial charge in [-0.25, -0.2) is 4.98 Å². The quantitative estimate of drug-likeness (QED) is 0.733. The van der Waals surface area contributed by atoms with Crippen molar-refractivity contribution >= 4 is 27.5 Å². The van der Waals surface area contributed by atoms with Crippen LogP contribution in [-0.2, 0) is 0 Å². The maximum Gasteiger partial charge on any atom is 0.227 e. The fourth-order valence-electron chi connectivity index (χ4n) is 0.477. The molecule has 0 radical (unpaired) electrons. The Balaban J connectivity index is 2.90. The summed E-state index contributed by atoms with van der Waals surface area (Å²) < 4.78 is 25.5. The van der Waals surface area contributed by atoms with Crippen molar-refractivity contribution < 1.29 is 8.85 Å². The molecule has 0 aliphatic heterocycles. The van der Waals surface area contributed by atoms with E-state index in [9.17, 15) is 0 Å². The number of methoxy groups -OCH3 is 1. The lowest BCUT2D eigenvalue weighted by Gasteiger charge is -1.99. The van der Waals surface area contributed by atoms with Gasteiger partial charge in [0.2, 0.25) is 5.88 Å². The highest BCUT2D eigenvalue weighted by Crippen LogP contribution is 2.24. The van der Waals surface area contributed by atoms with Gasteiger partial charge in [0.25, 0.3) is 0 Å². The second kappa shape index (κ2) is 3.21. The molecule has 0 bridgehead atoms. The van der Waals surface area contributed by atoms with Crippen LogP contribution in [-0.4, -0.2) is 12.0 Å². The minimum Gasteiger partial charge on any atom is -0.480 e. The van der Waals surface area contributed by atoms with Crippen molar-refractivity contribution in [3.05, 3.63) is 21.8 Å². The van der Waals surface area contributed by atoms with Crippen LogP contribution < -0.4 is 4.74 Å². The second-order valence-corrected chi connectivity index (χ2v) is 2.83. The van der Waals surface area contributed by atoms with Crippen molar-refractivity contribution in [3.63, 3.8) is 0 Å². The minimum absolute atomic E-state index is 0.00407. The molecule has 10 heavy (non-hydrogen) atoms. The molecule has 1 aromatic rings. The summed E-state index contributed by atoms with van der Waals surface area (Å²) in [6.45, 7) is 0. The van der Waals surface area contributed by atoms with Crippen LogP contribution in [0.15, 0.2) is 16.7 Å². The zero-order chi connectivity index (χ0) is 10.1. The standard InChI is InChI=1S/C6H5BrClNO/c1-10-6-5(7)2-4(8)3-9-6/h2-3H,1H3/i1D3. The zero-order valence-corrected chi connectivity index (χ0v) is 7.11. The van der Waals surface area contributed by atoms with Gasteiger partial charge in [0.1, 0.15) is 0 Å². The Morgan fingerprint density at radius 3 is 3.30 bits per heavy atom. The van der Waals surface area contributed by atoms with Gasteiger partial charge in [0.15, 0.2) is 0 Å². The van der Waals surface area contributed by atoms with Gasteiger partial charge in [0, 0.05) is 6.20 Å². The van der Waals surface area contributed by atoms with Crippen molar-refractivity contribution in [2.24, 2.45) is 0 Å². The molecule has 0 aromatic carbocycles. The van der Waals surface area contributed by atoms with Crippen molar-refractivity contribution in [1.82, 2.24) is 4.98 Å². The highest BCUT2D eigenvalue weighted by Gasteiger charge is 1.99. The smallest absolute Gasteiger partial charge is 0.227 e. The summed E-state index contributed by atoms with van der Waals surface area (Å²) in [4.78, 5) is 3.70. The molecular weight excluding hydrogens is 217 g/mol. The van der Waals surface area contributed by atoms with E-state index in [1.807, 2.05) is 0 Å². The Morgan fingerprint density at radius 1 is 1.90 bits per heavy atom. The lowest BCUT2D eigenvalue weighted by molar-refractivity contribution is 0.395. The van der Waals surface area contributed by atoms with Gasteiger partial charge in [-0.3, -0.25) is 0 Å². The zero-order valence-electron chi connectivity index (χ0n) is 7.77. The summed E-state index contributed by atoms with van der Waals surface area (Å²) in [5.74, 6) is 0.00407. The van der Waals surface area contributed by atoms with Crippen LogP contribution in [0.2, 0.25) is 5.02 Å². The van der Waals surface area contributed by atoms with E-state index >= 15 is 0 Å². The Hall–Kier alpha value is -0.280. The van der Waals surface area contributed by atoms with Crippen molar-refractivity contribution in [2.75, 3.05) is 7.04 Å². The fraction of sp³-hybridized carbons (Fsp3) is 0.167. The first-order valence-electron chi connectivity index (χ1n) is 3.88. The number of hydrogen-bond acceptors (Lipinski definition) is 2. The first-order chi connectivity index (χ1) is 5.88. The lowest BCUT2D eigenvalue weighted by atomic mass is 10.5. The summed E-state index contributed by atoms with van der Waals surface area (Å²) in [6.07, 6.45) is 1.31. The molecule has 0 aliphatic carbocycles. The van der Waals surface area contributed by atoms with E-state index in [2.05, 4.69) is 25.7 Å². The van der Waals surface area contributed by atoms with E-state index in [1.165, 1.54) is 12.3 Å². The number of hydrogen-bond donors (Lipinski definition) is 0. The lowest BCUT2D eigenvalue weighted by Crippen LogP contribution is -1.87. The van der Waals surface area contributed by atoms with Gasteiger partial charge in [-0.05, 0) is 22.0 Å².